The molecule has 0 aliphatic carbocycles. The molecule has 0 radical (unpaired) electrons. The van der Waals surface area contributed by atoms with Gasteiger partial charge in [-0.1, -0.05) is 18.2 Å². The van der Waals surface area contributed by atoms with Crippen LogP contribution in [0, 0.1) is 0 Å². The molecular weight excluding hydrogens is 292 g/mol. The largest absolute Gasteiger partial charge is 0.378 e. The van der Waals surface area contributed by atoms with Crippen molar-refractivity contribution >= 4 is 10.0 Å². The summed E-state index contributed by atoms with van der Waals surface area (Å²) >= 11 is 0. The van der Waals surface area contributed by atoms with E-state index in [0.29, 0.717) is 31.1 Å². The molecule has 0 saturated carbocycles. The lowest BCUT2D eigenvalue weighted by molar-refractivity contribution is -0.0120. The maximum absolute atomic E-state index is 12.5. The molecule has 1 heterocycles. The topological polar surface area (TPSA) is 76.7 Å². The molecule has 1 unspecified atom stereocenters. The predicted molar refractivity (Wildman–Crippen MR) is 79.6 cm³/mol. The average Bonchev–Trinajstić information content (AvgIpc) is 2.96. The predicted octanol–water partition coefficient (Wildman–Crippen LogP) is 0.490. The van der Waals surface area contributed by atoms with Gasteiger partial charge in [0.25, 0.3) is 0 Å². The summed E-state index contributed by atoms with van der Waals surface area (Å²) in [5.74, 6) is 0. The monoisotopic (exact) mass is 314 g/mol. The van der Waals surface area contributed by atoms with Gasteiger partial charge in [0, 0.05) is 33.2 Å². The summed E-state index contributed by atoms with van der Waals surface area (Å²) in [5, 5.41) is 2.98. The van der Waals surface area contributed by atoms with Crippen molar-refractivity contribution in [1.29, 1.82) is 0 Å². The van der Waals surface area contributed by atoms with Gasteiger partial charge in [-0.2, -0.15) is 0 Å². The average molecular weight is 314 g/mol. The van der Waals surface area contributed by atoms with Crippen molar-refractivity contribution in [3.05, 3.63) is 29.8 Å². The molecule has 1 aliphatic heterocycles. The zero-order valence-corrected chi connectivity index (χ0v) is 13.2. The number of hydrogen-bond donors (Lipinski definition) is 2. The zero-order valence-electron chi connectivity index (χ0n) is 12.4. The van der Waals surface area contributed by atoms with E-state index in [2.05, 4.69) is 10.0 Å². The number of sulfonamides is 1. The normalized spacial score (nSPS) is 22.6. The number of hydrogen-bond acceptors (Lipinski definition) is 5. The van der Waals surface area contributed by atoms with Crippen LogP contribution in [0.3, 0.4) is 0 Å². The van der Waals surface area contributed by atoms with Crippen molar-refractivity contribution in [1.82, 2.24) is 10.0 Å². The second-order valence-electron chi connectivity index (χ2n) is 5.15. The molecule has 1 aliphatic rings. The molecule has 1 aromatic carbocycles. The van der Waals surface area contributed by atoms with Crippen LogP contribution in [0.2, 0.25) is 0 Å². The van der Waals surface area contributed by atoms with Gasteiger partial charge in [0.05, 0.1) is 11.5 Å². The molecule has 0 bridgehead atoms. The Kier molecular flexibility index (Phi) is 5.34. The molecule has 1 atom stereocenters. The van der Waals surface area contributed by atoms with Gasteiger partial charge in [-0.3, -0.25) is 0 Å². The first-order valence-electron chi connectivity index (χ1n) is 6.88. The maximum atomic E-state index is 12.5. The Morgan fingerprint density at radius 1 is 1.38 bits per heavy atom. The summed E-state index contributed by atoms with van der Waals surface area (Å²) in [6.45, 7) is 1.70. The molecule has 118 valence electrons. The Labute approximate surface area is 125 Å². The van der Waals surface area contributed by atoms with Crippen molar-refractivity contribution in [2.45, 2.75) is 23.5 Å². The number of methoxy groups -OCH3 is 1. The zero-order chi connectivity index (χ0) is 15.3. The first-order valence-corrected chi connectivity index (χ1v) is 8.36. The highest BCUT2D eigenvalue weighted by molar-refractivity contribution is 7.89. The Bertz CT molecular complexity index is 568. The second-order valence-corrected chi connectivity index (χ2v) is 6.89. The lowest BCUT2D eigenvalue weighted by Gasteiger charge is -2.26. The summed E-state index contributed by atoms with van der Waals surface area (Å²) in [6.07, 6.45) is 0.685. The number of ether oxygens (including phenoxy) is 2. The fraction of sp³-hybridized carbons (Fsp3) is 0.571. The molecule has 2 rings (SSSR count). The smallest absolute Gasteiger partial charge is 0.240 e. The van der Waals surface area contributed by atoms with E-state index in [1.807, 2.05) is 6.07 Å². The molecule has 1 fully saturated rings. The van der Waals surface area contributed by atoms with Crippen LogP contribution in [-0.4, -0.2) is 47.9 Å². The highest BCUT2D eigenvalue weighted by Gasteiger charge is 2.36. The van der Waals surface area contributed by atoms with Gasteiger partial charge in [-0.05, 0) is 18.7 Å². The Morgan fingerprint density at radius 3 is 2.76 bits per heavy atom. The van der Waals surface area contributed by atoms with E-state index in [0.717, 1.165) is 5.56 Å². The number of benzene rings is 1. The summed E-state index contributed by atoms with van der Waals surface area (Å²) in [7, 11) is -0.209. The van der Waals surface area contributed by atoms with E-state index in [9.17, 15) is 8.42 Å². The van der Waals surface area contributed by atoms with E-state index in [4.69, 9.17) is 9.47 Å². The molecule has 0 amide bonds. The van der Waals surface area contributed by atoms with Crippen LogP contribution in [0.1, 0.15) is 12.0 Å². The molecule has 1 saturated heterocycles. The van der Waals surface area contributed by atoms with E-state index in [1.54, 1.807) is 32.4 Å². The molecule has 6 nitrogen and oxygen atoms in total. The van der Waals surface area contributed by atoms with Crippen molar-refractivity contribution < 1.29 is 17.9 Å². The van der Waals surface area contributed by atoms with Gasteiger partial charge in [-0.25, -0.2) is 13.1 Å². The Morgan fingerprint density at radius 2 is 2.14 bits per heavy atom. The Hall–Kier alpha value is -0.990. The third-order valence-corrected chi connectivity index (χ3v) is 5.22. The fourth-order valence-corrected chi connectivity index (χ4v) is 3.72. The van der Waals surface area contributed by atoms with Crippen LogP contribution in [0.5, 0.6) is 0 Å². The lowest BCUT2D eigenvalue weighted by Crippen LogP contribution is -2.45. The van der Waals surface area contributed by atoms with Crippen molar-refractivity contribution in [3.63, 3.8) is 0 Å². The van der Waals surface area contributed by atoms with Crippen LogP contribution in [0.25, 0.3) is 0 Å². The standard InChI is InChI=1S/C14H22N2O4S/c1-15-9-12-5-3-4-6-13(12)21(17,18)16-10-14(19-2)7-8-20-11-14/h3-6,15-16H,7-11H2,1-2H3. The van der Waals surface area contributed by atoms with E-state index < -0.39 is 15.6 Å². The van der Waals surface area contributed by atoms with Gasteiger partial charge in [0.2, 0.25) is 10.0 Å². The minimum atomic E-state index is -3.57. The fourth-order valence-electron chi connectivity index (χ4n) is 2.37. The number of rotatable bonds is 7. The first-order chi connectivity index (χ1) is 10.0. The molecule has 21 heavy (non-hydrogen) atoms. The third-order valence-electron chi connectivity index (χ3n) is 3.71. The SMILES string of the molecule is CNCc1ccccc1S(=O)(=O)NCC1(OC)CCOC1. The van der Waals surface area contributed by atoms with Crippen LogP contribution in [0.4, 0.5) is 0 Å². The molecule has 7 heteroatoms. The lowest BCUT2D eigenvalue weighted by atomic mass is 10.0. The van der Waals surface area contributed by atoms with E-state index in [1.165, 1.54) is 0 Å². The van der Waals surface area contributed by atoms with E-state index in [-0.39, 0.29) is 6.54 Å². The third kappa shape index (κ3) is 3.81. The summed E-state index contributed by atoms with van der Waals surface area (Å²) in [6, 6.07) is 6.96. The first kappa shape index (κ1) is 16.4. The van der Waals surface area contributed by atoms with Crippen LogP contribution in [-0.2, 0) is 26.0 Å². The molecular formula is C14H22N2O4S. The van der Waals surface area contributed by atoms with Gasteiger partial charge in [0.15, 0.2) is 0 Å². The highest BCUT2D eigenvalue weighted by atomic mass is 32.2. The molecule has 0 spiro atoms. The maximum Gasteiger partial charge on any atom is 0.240 e. The minimum absolute atomic E-state index is 0.208. The minimum Gasteiger partial charge on any atom is -0.378 e. The van der Waals surface area contributed by atoms with Gasteiger partial charge in [-0.15, -0.1) is 0 Å². The highest BCUT2D eigenvalue weighted by Crippen LogP contribution is 2.23. The molecule has 0 aromatic heterocycles. The summed E-state index contributed by atoms with van der Waals surface area (Å²) in [4.78, 5) is 0.296. The second kappa shape index (κ2) is 6.85. The van der Waals surface area contributed by atoms with Crippen LogP contribution in [0.15, 0.2) is 29.2 Å². The van der Waals surface area contributed by atoms with Crippen LogP contribution >= 0.6 is 0 Å². The van der Waals surface area contributed by atoms with Crippen molar-refractivity contribution in [3.8, 4) is 0 Å². The quantitative estimate of drug-likeness (QED) is 0.766. The van der Waals surface area contributed by atoms with Crippen LogP contribution < -0.4 is 10.0 Å². The Balaban J connectivity index is 2.15. The summed E-state index contributed by atoms with van der Waals surface area (Å²) in [5.41, 5.74) is 0.173. The molecule has 2 N–H and O–H groups in total. The van der Waals surface area contributed by atoms with Gasteiger partial charge in [0.1, 0.15) is 5.60 Å². The number of nitrogens with one attached hydrogen (secondary N) is 2. The van der Waals surface area contributed by atoms with Gasteiger partial charge < -0.3 is 14.8 Å². The van der Waals surface area contributed by atoms with Gasteiger partial charge >= 0.3 is 0 Å². The summed E-state index contributed by atoms with van der Waals surface area (Å²) < 4.78 is 38.4. The van der Waals surface area contributed by atoms with Crippen molar-refractivity contribution in [2.24, 2.45) is 0 Å². The van der Waals surface area contributed by atoms with E-state index >= 15 is 0 Å². The van der Waals surface area contributed by atoms with Crippen molar-refractivity contribution in [2.75, 3.05) is 33.9 Å². The molecule has 1 aromatic rings.